The summed E-state index contributed by atoms with van der Waals surface area (Å²) in [6.07, 6.45) is 0. The van der Waals surface area contributed by atoms with E-state index >= 15 is 0 Å². The third-order valence-electron chi connectivity index (χ3n) is 2.25. The molecule has 0 atom stereocenters. The Labute approximate surface area is 108 Å². The molecule has 0 saturated heterocycles. The lowest BCUT2D eigenvalue weighted by Crippen LogP contribution is -1.91. The van der Waals surface area contributed by atoms with E-state index in [1.165, 1.54) is 12.1 Å². The van der Waals surface area contributed by atoms with Crippen molar-refractivity contribution in [2.24, 2.45) is 0 Å². The van der Waals surface area contributed by atoms with Crippen molar-refractivity contribution in [2.45, 2.75) is 0 Å². The van der Waals surface area contributed by atoms with E-state index in [0.29, 0.717) is 21.2 Å². The van der Waals surface area contributed by atoms with Crippen LogP contribution in [-0.2, 0) is 0 Å². The summed E-state index contributed by atoms with van der Waals surface area (Å²) in [6, 6.07) is 12.1. The molecule has 2 aromatic rings. The lowest BCUT2D eigenvalue weighted by Gasteiger charge is -2.03. The first-order valence-electron chi connectivity index (χ1n) is 4.69. The lowest BCUT2D eigenvalue weighted by molar-refractivity contribution is -0.384. The van der Waals surface area contributed by atoms with Gasteiger partial charge in [-0.2, -0.15) is 0 Å². The predicted octanol–water partition coefficient (Wildman–Crippen LogP) is 4.37. The Hall–Kier alpha value is -1.58. The Balaban J connectivity index is 2.60. The van der Waals surface area contributed by atoms with Crippen molar-refractivity contribution in [1.82, 2.24) is 0 Å². The highest BCUT2D eigenvalue weighted by Crippen LogP contribution is 2.32. The lowest BCUT2D eigenvalue weighted by atomic mass is 10.0. The molecule has 0 aliphatic carbocycles. The molecule has 0 bridgehead atoms. The van der Waals surface area contributed by atoms with E-state index in [1.807, 2.05) is 0 Å². The maximum absolute atomic E-state index is 10.9. The molecule has 0 fully saturated rings. The van der Waals surface area contributed by atoms with Gasteiger partial charge in [0, 0.05) is 22.2 Å². The Morgan fingerprint density at radius 1 is 1.18 bits per heavy atom. The summed E-state index contributed by atoms with van der Waals surface area (Å²) in [4.78, 5) is 10.4. The molecule has 2 aromatic carbocycles. The van der Waals surface area contributed by atoms with Gasteiger partial charge in [0.05, 0.1) is 10.5 Å². The van der Waals surface area contributed by atoms with E-state index in [4.69, 9.17) is 23.2 Å². The second-order valence-electron chi connectivity index (χ2n) is 3.34. The van der Waals surface area contributed by atoms with Crippen LogP contribution in [0.25, 0.3) is 11.1 Å². The second kappa shape index (κ2) is 4.73. The molecule has 3 nitrogen and oxygen atoms in total. The highest BCUT2D eigenvalue weighted by molar-refractivity contribution is 6.31. The smallest absolute Gasteiger partial charge is 0.258 e. The van der Waals surface area contributed by atoms with Crippen LogP contribution in [-0.4, -0.2) is 4.92 Å². The van der Waals surface area contributed by atoms with Crippen molar-refractivity contribution in [3.63, 3.8) is 0 Å². The van der Waals surface area contributed by atoms with Gasteiger partial charge in [0.1, 0.15) is 0 Å². The van der Waals surface area contributed by atoms with E-state index < -0.39 is 4.92 Å². The van der Waals surface area contributed by atoms with Crippen LogP contribution in [0.15, 0.2) is 36.4 Å². The highest BCUT2D eigenvalue weighted by atomic mass is 35.5. The summed E-state index contributed by atoms with van der Waals surface area (Å²) in [5.41, 5.74) is 1.11. The predicted molar refractivity (Wildman–Crippen MR) is 67.4 cm³/mol. The van der Waals surface area contributed by atoms with E-state index in [9.17, 15) is 10.1 Å². The normalized spacial score (nSPS) is 10.2. The first kappa shape index (κ1) is 11.9. The van der Waals surface area contributed by atoms with Gasteiger partial charge in [-0.05, 0) is 23.8 Å². The van der Waals surface area contributed by atoms with E-state index in [0.717, 1.165) is 0 Å². The molecule has 0 aliphatic rings. The molecular formula is C12H6Cl2NO2. The first-order chi connectivity index (χ1) is 8.08. The maximum Gasteiger partial charge on any atom is 0.277 e. The van der Waals surface area contributed by atoms with Gasteiger partial charge in [-0.1, -0.05) is 35.3 Å². The van der Waals surface area contributed by atoms with Gasteiger partial charge in [0.15, 0.2) is 0 Å². The van der Waals surface area contributed by atoms with Crippen molar-refractivity contribution in [2.75, 3.05) is 0 Å². The number of nitrogens with zero attached hydrogens (tertiary/aromatic N) is 1. The fraction of sp³-hybridized carbons (Fsp3) is 0. The van der Waals surface area contributed by atoms with Gasteiger partial charge < -0.3 is 0 Å². The minimum Gasteiger partial charge on any atom is -0.258 e. The Morgan fingerprint density at radius 3 is 2.41 bits per heavy atom. The van der Waals surface area contributed by atoms with Gasteiger partial charge in [-0.25, -0.2) is 0 Å². The summed E-state index contributed by atoms with van der Waals surface area (Å²) in [5.74, 6) is 0. The van der Waals surface area contributed by atoms with E-state index in [-0.39, 0.29) is 5.69 Å². The van der Waals surface area contributed by atoms with Crippen LogP contribution in [0, 0.1) is 16.2 Å². The van der Waals surface area contributed by atoms with Crippen LogP contribution >= 0.6 is 23.2 Å². The average Bonchev–Trinajstić information content (AvgIpc) is 2.29. The molecule has 2 rings (SSSR count). The van der Waals surface area contributed by atoms with Crippen molar-refractivity contribution >= 4 is 28.9 Å². The largest absolute Gasteiger partial charge is 0.277 e. The SMILES string of the molecule is O=[N+]([O-])c1c[c]c(Cl)cc1-c1ccc(Cl)cc1. The van der Waals surface area contributed by atoms with Gasteiger partial charge in [-0.3, -0.25) is 10.1 Å². The Bertz CT molecular complexity index is 567. The number of hydrogen-bond donors (Lipinski definition) is 0. The zero-order chi connectivity index (χ0) is 12.4. The standard InChI is InChI=1S/C12H6Cl2NO2/c13-9-3-1-8(2-4-9)11-7-10(14)5-6-12(11)15(16)17/h1-4,6-7H. The number of nitro groups is 1. The Kier molecular flexibility index (Phi) is 3.31. The van der Waals surface area contributed by atoms with Crippen molar-refractivity contribution in [3.05, 3.63) is 62.6 Å². The molecule has 5 heteroatoms. The average molecular weight is 267 g/mol. The molecule has 85 valence electrons. The van der Waals surface area contributed by atoms with Crippen LogP contribution in [0.1, 0.15) is 0 Å². The topological polar surface area (TPSA) is 43.1 Å². The Morgan fingerprint density at radius 2 is 1.82 bits per heavy atom. The number of rotatable bonds is 2. The van der Waals surface area contributed by atoms with E-state index in [1.54, 1.807) is 24.3 Å². The summed E-state index contributed by atoms with van der Waals surface area (Å²) < 4.78 is 0. The van der Waals surface area contributed by atoms with Gasteiger partial charge in [0.25, 0.3) is 5.69 Å². The highest BCUT2D eigenvalue weighted by Gasteiger charge is 2.15. The van der Waals surface area contributed by atoms with Gasteiger partial charge in [0.2, 0.25) is 0 Å². The quantitative estimate of drug-likeness (QED) is 0.599. The minimum atomic E-state index is -0.462. The maximum atomic E-state index is 10.9. The van der Waals surface area contributed by atoms with Crippen LogP contribution in [0.2, 0.25) is 10.0 Å². The minimum absolute atomic E-state index is 0.0308. The zero-order valence-corrected chi connectivity index (χ0v) is 10.00. The molecule has 1 radical (unpaired) electrons. The third-order valence-corrected chi connectivity index (χ3v) is 2.72. The number of halogens is 2. The zero-order valence-electron chi connectivity index (χ0n) is 8.48. The monoisotopic (exact) mass is 266 g/mol. The molecule has 0 spiro atoms. The van der Waals surface area contributed by atoms with Gasteiger partial charge >= 0.3 is 0 Å². The fourth-order valence-corrected chi connectivity index (χ4v) is 1.76. The van der Waals surface area contributed by atoms with Crippen molar-refractivity contribution in [3.8, 4) is 11.1 Å². The van der Waals surface area contributed by atoms with E-state index in [2.05, 4.69) is 6.07 Å². The molecule has 0 aliphatic heterocycles. The summed E-state index contributed by atoms with van der Waals surface area (Å²) in [7, 11) is 0. The molecule has 0 aromatic heterocycles. The van der Waals surface area contributed by atoms with Crippen LogP contribution < -0.4 is 0 Å². The number of hydrogen-bond acceptors (Lipinski definition) is 2. The molecule has 0 N–H and O–H groups in total. The molecule has 0 amide bonds. The van der Waals surface area contributed by atoms with Crippen molar-refractivity contribution in [1.29, 1.82) is 0 Å². The number of benzene rings is 2. The fourth-order valence-electron chi connectivity index (χ4n) is 1.47. The summed E-state index contributed by atoms with van der Waals surface area (Å²) >= 11 is 11.6. The first-order valence-corrected chi connectivity index (χ1v) is 5.45. The summed E-state index contributed by atoms with van der Waals surface area (Å²) in [6.45, 7) is 0. The summed E-state index contributed by atoms with van der Waals surface area (Å²) in [5, 5.41) is 11.8. The number of nitro benzene ring substituents is 1. The molecule has 0 heterocycles. The molecule has 0 unspecified atom stereocenters. The second-order valence-corrected chi connectivity index (χ2v) is 4.19. The molecule has 17 heavy (non-hydrogen) atoms. The van der Waals surface area contributed by atoms with Crippen LogP contribution in [0.4, 0.5) is 5.69 Å². The van der Waals surface area contributed by atoms with Gasteiger partial charge in [-0.15, -0.1) is 0 Å². The van der Waals surface area contributed by atoms with Crippen LogP contribution in [0.3, 0.4) is 0 Å². The third kappa shape index (κ3) is 2.57. The molecular weight excluding hydrogens is 261 g/mol. The van der Waals surface area contributed by atoms with Crippen molar-refractivity contribution < 1.29 is 4.92 Å². The molecule has 0 saturated carbocycles. The van der Waals surface area contributed by atoms with Crippen LogP contribution in [0.5, 0.6) is 0 Å².